The van der Waals surface area contributed by atoms with Gasteiger partial charge in [-0.3, -0.25) is 0 Å². The Morgan fingerprint density at radius 2 is 2.05 bits per heavy atom. The molecule has 5 nitrogen and oxygen atoms in total. The van der Waals surface area contributed by atoms with E-state index in [-0.39, 0.29) is 24.8 Å². The number of aromatic nitrogens is 2. The first-order valence-electron chi connectivity index (χ1n) is 6.73. The SMILES string of the molecule is Cl.Fc1ccccc1OCc1noc(C2CCNCC2)n1. The molecule has 1 fully saturated rings. The first-order valence-corrected chi connectivity index (χ1v) is 6.73. The highest BCUT2D eigenvalue weighted by atomic mass is 35.5. The number of para-hydroxylation sites is 1. The smallest absolute Gasteiger partial charge is 0.229 e. The van der Waals surface area contributed by atoms with Crippen molar-refractivity contribution in [3.63, 3.8) is 0 Å². The molecule has 2 aromatic rings. The van der Waals surface area contributed by atoms with E-state index in [9.17, 15) is 4.39 Å². The molecule has 0 unspecified atom stereocenters. The van der Waals surface area contributed by atoms with Gasteiger partial charge < -0.3 is 14.6 Å². The highest BCUT2D eigenvalue weighted by molar-refractivity contribution is 5.85. The highest BCUT2D eigenvalue weighted by Gasteiger charge is 2.21. The molecule has 0 aliphatic carbocycles. The minimum atomic E-state index is -0.394. The zero-order valence-corrected chi connectivity index (χ0v) is 12.2. The van der Waals surface area contributed by atoms with Gasteiger partial charge in [-0.1, -0.05) is 17.3 Å². The summed E-state index contributed by atoms with van der Waals surface area (Å²) in [5, 5.41) is 7.17. The second kappa shape index (κ2) is 7.38. The van der Waals surface area contributed by atoms with E-state index in [0.717, 1.165) is 25.9 Å². The third kappa shape index (κ3) is 3.92. The van der Waals surface area contributed by atoms with Gasteiger partial charge in [-0.15, -0.1) is 12.4 Å². The molecule has 0 saturated carbocycles. The van der Waals surface area contributed by atoms with Gasteiger partial charge in [0.25, 0.3) is 0 Å². The van der Waals surface area contributed by atoms with Crippen molar-refractivity contribution < 1.29 is 13.7 Å². The quantitative estimate of drug-likeness (QED) is 0.940. The van der Waals surface area contributed by atoms with Gasteiger partial charge in [0.05, 0.1) is 0 Å². The fourth-order valence-electron chi connectivity index (χ4n) is 2.26. The number of rotatable bonds is 4. The lowest BCUT2D eigenvalue weighted by Gasteiger charge is -2.18. The van der Waals surface area contributed by atoms with E-state index in [1.807, 2.05) is 0 Å². The minimum Gasteiger partial charge on any atom is -0.482 e. The average Bonchev–Trinajstić information content (AvgIpc) is 2.96. The summed E-state index contributed by atoms with van der Waals surface area (Å²) in [6.45, 7) is 2.04. The van der Waals surface area contributed by atoms with Crippen molar-refractivity contribution in [3.8, 4) is 5.75 Å². The van der Waals surface area contributed by atoms with E-state index in [2.05, 4.69) is 15.5 Å². The summed E-state index contributed by atoms with van der Waals surface area (Å²) in [7, 11) is 0. The molecule has 0 amide bonds. The molecule has 1 aliphatic heterocycles. The van der Waals surface area contributed by atoms with Crippen LogP contribution in [0.2, 0.25) is 0 Å². The van der Waals surface area contributed by atoms with Crippen molar-refractivity contribution >= 4 is 12.4 Å². The van der Waals surface area contributed by atoms with Gasteiger partial charge in [0.2, 0.25) is 11.7 Å². The van der Waals surface area contributed by atoms with Gasteiger partial charge >= 0.3 is 0 Å². The Morgan fingerprint density at radius 3 is 2.81 bits per heavy atom. The zero-order valence-electron chi connectivity index (χ0n) is 11.4. The molecule has 21 heavy (non-hydrogen) atoms. The Balaban J connectivity index is 0.00000161. The molecule has 0 radical (unpaired) electrons. The molecule has 3 rings (SSSR count). The molecule has 7 heteroatoms. The number of ether oxygens (including phenoxy) is 1. The maximum atomic E-state index is 13.4. The Labute approximate surface area is 128 Å². The van der Waals surface area contributed by atoms with Crippen molar-refractivity contribution in [1.29, 1.82) is 0 Å². The van der Waals surface area contributed by atoms with E-state index in [1.165, 1.54) is 6.07 Å². The van der Waals surface area contributed by atoms with Crippen LogP contribution in [-0.2, 0) is 6.61 Å². The van der Waals surface area contributed by atoms with E-state index in [0.29, 0.717) is 17.6 Å². The van der Waals surface area contributed by atoms with Crippen LogP contribution < -0.4 is 10.1 Å². The lowest BCUT2D eigenvalue weighted by Crippen LogP contribution is -2.26. The third-order valence-corrected chi connectivity index (χ3v) is 3.37. The molecule has 0 spiro atoms. The first-order chi connectivity index (χ1) is 9.83. The molecule has 1 saturated heterocycles. The number of nitrogens with zero attached hydrogens (tertiary/aromatic N) is 2. The molecule has 0 bridgehead atoms. The number of hydrogen-bond acceptors (Lipinski definition) is 5. The van der Waals surface area contributed by atoms with Gasteiger partial charge in [0.15, 0.2) is 18.2 Å². The highest BCUT2D eigenvalue weighted by Crippen LogP contribution is 2.23. The normalized spacial score (nSPS) is 15.5. The van der Waals surface area contributed by atoms with Crippen LogP contribution in [-0.4, -0.2) is 23.2 Å². The van der Waals surface area contributed by atoms with E-state index < -0.39 is 5.82 Å². The number of hydrogen-bond donors (Lipinski definition) is 1. The van der Waals surface area contributed by atoms with Crippen LogP contribution in [0.3, 0.4) is 0 Å². The molecule has 2 heterocycles. The summed E-state index contributed by atoms with van der Waals surface area (Å²) in [5.41, 5.74) is 0. The van der Waals surface area contributed by atoms with Crippen LogP contribution >= 0.6 is 12.4 Å². The first kappa shape index (κ1) is 15.7. The maximum absolute atomic E-state index is 13.4. The van der Waals surface area contributed by atoms with E-state index in [1.54, 1.807) is 18.2 Å². The maximum Gasteiger partial charge on any atom is 0.229 e. The van der Waals surface area contributed by atoms with Crippen molar-refractivity contribution in [2.24, 2.45) is 0 Å². The molecule has 1 aromatic carbocycles. The molecule has 1 aliphatic rings. The molecule has 1 aromatic heterocycles. The summed E-state index contributed by atoms with van der Waals surface area (Å²) in [6.07, 6.45) is 1.99. The second-order valence-corrected chi connectivity index (χ2v) is 4.79. The zero-order chi connectivity index (χ0) is 13.8. The van der Waals surface area contributed by atoms with Crippen LogP contribution in [0.5, 0.6) is 5.75 Å². The van der Waals surface area contributed by atoms with E-state index >= 15 is 0 Å². The summed E-state index contributed by atoms with van der Waals surface area (Å²) in [6, 6.07) is 6.26. The standard InChI is InChI=1S/C14H16FN3O2.ClH/c15-11-3-1-2-4-12(11)19-9-13-17-14(20-18-13)10-5-7-16-8-6-10;/h1-4,10,16H,5-9H2;1H. The Bertz CT molecular complexity index is 573. The average molecular weight is 314 g/mol. The monoisotopic (exact) mass is 313 g/mol. The summed E-state index contributed by atoms with van der Waals surface area (Å²) >= 11 is 0. The summed E-state index contributed by atoms with van der Waals surface area (Å²) in [4.78, 5) is 4.33. The number of benzene rings is 1. The van der Waals surface area contributed by atoms with Crippen LogP contribution in [0.1, 0.15) is 30.5 Å². The lowest BCUT2D eigenvalue weighted by molar-refractivity contribution is 0.270. The van der Waals surface area contributed by atoms with Crippen molar-refractivity contribution in [2.75, 3.05) is 13.1 Å². The molecule has 0 atom stereocenters. The van der Waals surface area contributed by atoms with E-state index in [4.69, 9.17) is 9.26 Å². The van der Waals surface area contributed by atoms with Crippen LogP contribution in [0, 0.1) is 5.82 Å². The number of piperidine rings is 1. The number of halogens is 2. The summed E-state index contributed by atoms with van der Waals surface area (Å²) < 4.78 is 24.0. The van der Waals surface area contributed by atoms with Crippen LogP contribution in [0.25, 0.3) is 0 Å². The fourth-order valence-corrected chi connectivity index (χ4v) is 2.26. The van der Waals surface area contributed by atoms with Crippen molar-refractivity contribution in [3.05, 3.63) is 41.8 Å². The van der Waals surface area contributed by atoms with Crippen LogP contribution in [0.4, 0.5) is 4.39 Å². The fraction of sp³-hybridized carbons (Fsp3) is 0.429. The van der Waals surface area contributed by atoms with Gasteiger partial charge in [0, 0.05) is 5.92 Å². The lowest BCUT2D eigenvalue weighted by atomic mass is 9.98. The molecule has 114 valence electrons. The van der Waals surface area contributed by atoms with Gasteiger partial charge in [-0.2, -0.15) is 4.98 Å². The Kier molecular flexibility index (Phi) is 5.52. The Morgan fingerprint density at radius 1 is 1.29 bits per heavy atom. The van der Waals surface area contributed by atoms with Gasteiger partial charge in [0.1, 0.15) is 0 Å². The number of nitrogens with one attached hydrogen (secondary N) is 1. The second-order valence-electron chi connectivity index (χ2n) is 4.79. The molecular formula is C14H17ClFN3O2. The third-order valence-electron chi connectivity index (χ3n) is 3.37. The predicted octanol–water partition coefficient (Wildman–Crippen LogP) is 2.68. The predicted molar refractivity (Wildman–Crippen MR) is 77.1 cm³/mol. The summed E-state index contributed by atoms with van der Waals surface area (Å²) in [5.74, 6) is 1.21. The van der Waals surface area contributed by atoms with Crippen molar-refractivity contribution in [1.82, 2.24) is 15.5 Å². The minimum absolute atomic E-state index is 0. The Hall–Kier alpha value is -1.66. The van der Waals surface area contributed by atoms with Gasteiger partial charge in [-0.25, -0.2) is 4.39 Å². The van der Waals surface area contributed by atoms with Gasteiger partial charge in [-0.05, 0) is 38.1 Å². The molecular weight excluding hydrogens is 297 g/mol. The van der Waals surface area contributed by atoms with Crippen molar-refractivity contribution in [2.45, 2.75) is 25.4 Å². The topological polar surface area (TPSA) is 60.2 Å². The van der Waals surface area contributed by atoms with Crippen LogP contribution in [0.15, 0.2) is 28.8 Å². The largest absolute Gasteiger partial charge is 0.482 e. The molecule has 1 N–H and O–H groups in total.